The lowest BCUT2D eigenvalue weighted by Gasteiger charge is -2.27. The fraction of sp³-hybridized carbons (Fsp3) is 0.289. The molecule has 242 valence electrons. The molecule has 47 heavy (non-hydrogen) atoms. The van der Waals surface area contributed by atoms with Crippen LogP contribution < -0.4 is 15.5 Å². The van der Waals surface area contributed by atoms with Crippen LogP contribution in [0.2, 0.25) is 0 Å². The predicted molar refractivity (Wildman–Crippen MR) is 188 cm³/mol. The minimum atomic E-state index is -0.461. The van der Waals surface area contributed by atoms with Crippen LogP contribution in [0.25, 0.3) is 11.1 Å². The van der Waals surface area contributed by atoms with Gasteiger partial charge in [-0.3, -0.25) is 10.3 Å². The van der Waals surface area contributed by atoms with E-state index in [1.165, 1.54) is 6.42 Å². The predicted octanol–water partition coefficient (Wildman–Crippen LogP) is 7.97. The molecule has 6 rings (SSSR count). The molecular formula is C38H42N6O3. The lowest BCUT2D eigenvalue weighted by Crippen LogP contribution is -2.37. The van der Waals surface area contributed by atoms with Crippen molar-refractivity contribution in [3.63, 3.8) is 0 Å². The van der Waals surface area contributed by atoms with E-state index in [1.54, 1.807) is 24.1 Å². The van der Waals surface area contributed by atoms with Crippen molar-refractivity contribution in [2.24, 2.45) is 11.0 Å². The molecule has 0 atom stereocenters. The van der Waals surface area contributed by atoms with Gasteiger partial charge in [0.25, 0.3) is 0 Å². The number of rotatable bonds is 10. The van der Waals surface area contributed by atoms with E-state index in [4.69, 9.17) is 20.0 Å². The SMILES string of the molecule is COC(CNC(=N)Nc1ccc(N2C(=O)N(Cc3ccccc3-c3ccccc3)N=C(C3CCCCC3)c3ccccc32)cc1)OC. The summed E-state index contributed by atoms with van der Waals surface area (Å²) in [6, 6.07) is 34.0. The standard InChI is InChI=1S/C38H42N6O3/c1-46-35(47-2)25-40-37(39)41-30-21-23-31(24-22-30)44-34-20-12-11-19-33(34)36(28-15-7-4-8-16-28)42-43(38(44)45)26-29-17-9-10-18-32(29)27-13-5-3-6-14-27/h3,5-6,9-14,17-24,28,35H,4,7-8,15-16,25-26H2,1-2H3,(H3,39,40,41). The maximum absolute atomic E-state index is 14.7. The van der Waals surface area contributed by atoms with Gasteiger partial charge in [0.05, 0.1) is 30.2 Å². The lowest BCUT2D eigenvalue weighted by atomic mass is 9.83. The third-order valence-corrected chi connectivity index (χ3v) is 8.84. The van der Waals surface area contributed by atoms with Gasteiger partial charge in [0, 0.05) is 31.4 Å². The number of benzene rings is 4. The first-order valence-corrected chi connectivity index (χ1v) is 16.2. The van der Waals surface area contributed by atoms with Gasteiger partial charge in [-0.05, 0) is 59.9 Å². The van der Waals surface area contributed by atoms with Crippen LogP contribution in [0.4, 0.5) is 21.9 Å². The quantitative estimate of drug-likeness (QED) is 0.0937. The van der Waals surface area contributed by atoms with Gasteiger partial charge in [0.2, 0.25) is 0 Å². The molecule has 9 heteroatoms. The first kappa shape index (κ1) is 32.0. The van der Waals surface area contributed by atoms with Gasteiger partial charge in [-0.25, -0.2) is 9.80 Å². The van der Waals surface area contributed by atoms with Crippen LogP contribution >= 0.6 is 0 Å². The normalized spacial score (nSPS) is 15.2. The Morgan fingerprint density at radius 2 is 1.51 bits per heavy atom. The molecule has 2 aliphatic rings. The highest BCUT2D eigenvalue weighted by molar-refractivity contribution is 6.14. The summed E-state index contributed by atoms with van der Waals surface area (Å²) in [6.45, 7) is 0.652. The molecule has 1 aliphatic heterocycles. The summed E-state index contributed by atoms with van der Waals surface area (Å²) in [5.74, 6) is 0.396. The molecule has 0 aromatic heterocycles. The summed E-state index contributed by atoms with van der Waals surface area (Å²) < 4.78 is 10.4. The van der Waals surface area contributed by atoms with E-state index in [-0.39, 0.29) is 17.9 Å². The van der Waals surface area contributed by atoms with E-state index in [9.17, 15) is 4.79 Å². The average Bonchev–Trinajstić information content (AvgIpc) is 3.24. The number of hydrogen-bond acceptors (Lipinski definition) is 5. The summed E-state index contributed by atoms with van der Waals surface area (Å²) in [6.07, 6.45) is 5.22. The number of para-hydroxylation sites is 1. The molecule has 0 bridgehead atoms. The van der Waals surface area contributed by atoms with Gasteiger partial charge < -0.3 is 20.1 Å². The molecule has 0 unspecified atom stereocenters. The van der Waals surface area contributed by atoms with E-state index in [1.807, 2.05) is 72.8 Å². The minimum absolute atomic E-state index is 0.113. The molecule has 4 aromatic carbocycles. The Morgan fingerprint density at radius 1 is 0.851 bits per heavy atom. The lowest BCUT2D eigenvalue weighted by molar-refractivity contribution is -0.0965. The Hall–Kier alpha value is -4.99. The van der Waals surface area contributed by atoms with Gasteiger partial charge >= 0.3 is 6.03 Å². The monoisotopic (exact) mass is 630 g/mol. The first-order valence-electron chi connectivity index (χ1n) is 16.2. The number of urea groups is 1. The topological polar surface area (TPSA) is 102 Å². The van der Waals surface area contributed by atoms with Crippen LogP contribution in [-0.4, -0.2) is 49.8 Å². The molecule has 1 fully saturated rings. The van der Waals surface area contributed by atoms with Crippen molar-refractivity contribution in [3.05, 3.63) is 114 Å². The molecule has 0 saturated heterocycles. The Balaban J connectivity index is 1.35. The maximum Gasteiger partial charge on any atom is 0.349 e. The zero-order valence-corrected chi connectivity index (χ0v) is 27.0. The second kappa shape index (κ2) is 15.1. The molecule has 1 heterocycles. The van der Waals surface area contributed by atoms with Crippen molar-refractivity contribution < 1.29 is 14.3 Å². The van der Waals surface area contributed by atoms with Crippen LogP contribution in [-0.2, 0) is 16.0 Å². The number of ether oxygens (including phenoxy) is 2. The van der Waals surface area contributed by atoms with Crippen molar-refractivity contribution in [3.8, 4) is 11.1 Å². The van der Waals surface area contributed by atoms with Gasteiger partial charge in [0.15, 0.2) is 12.2 Å². The molecule has 0 spiro atoms. The van der Waals surface area contributed by atoms with Crippen molar-refractivity contribution in [2.45, 2.75) is 44.9 Å². The van der Waals surface area contributed by atoms with Crippen molar-refractivity contribution in [1.82, 2.24) is 10.3 Å². The van der Waals surface area contributed by atoms with Gasteiger partial charge in [-0.15, -0.1) is 0 Å². The summed E-state index contributed by atoms with van der Waals surface area (Å²) in [7, 11) is 3.11. The number of carbonyl (C=O) groups excluding carboxylic acids is 1. The Kier molecular flexibility index (Phi) is 10.2. The van der Waals surface area contributed by atoms with Crippen LogP contribution in [0.3, 0.4) is 0 Å². The minimum Gasteiger partial charge on any atom is -0.354 e. The van der Waals surface area contributed by atoms with Gasteiger partial charge in [-0.2, -0.15) is 5.10 Å². The number of hydrogen-bond donors (Lipinski definition) is 3. The number of nitrogens with one attached hydrogen (secondary N) is 3. The number of guanidine groups is 1. The van der Waals surface area contributed by atoms with Gasteiger partial charge in [-0.1, -0.05) is 92.1 Å². The van der Waals surface area contributed by atoms with E-state index < -0.39 is 6.29 Å². The third kappa shape index (κ3) is 7.37. The smallest absolute Gasteiger partial charge is 0.349 e. The number of methoxy groups -OCH3 is 2. The van der Waals surface area contributed by atoms with Crippen molar-refractivity contribution in [2.75, 3.05) is 31.0 Å². The van der Waals surface area contributed by atoms with Crippen molar-refractivity contribution >= 4 is 34.8 Å². The molecule has 1 saturated carbocycles. The highest BCUT2D eigenvalue weighted by atomic mass is 16.7. The average molecular weight is 631 g/mol. The highest BCUT2D eigenvalue weighted by Gasteiger charge is 2.34. The number of fused-ring (bicyclic) bond motifs is 1. The van der Waals surface area contributed by atoms with E-state index >= 15 is 0 Å². The largest absolute Gasteiger partial charge is 0.354 e. The molecule has 0 radical (unpaired) electrons. The van der Waals surface area contributed by atoms with Crippen LogP contribution in [0.15, 0.2) is 108 Å². The second-order valence-electron chi connectivity index (χ2n) is 11.9. The molecule has 3 N–H and O–H groups in total. The zero-order valence-electron chi connectivity index (χ0n) is 27.0. The molecule has 4 aromatic rings. The van der Waals surface area contributed by atoms with E-state index in [0.717, 1.165) is 59.3 Å². The number of nitrogens with zero attached hydrogens (tertiary/aromatic N) is 3. The van der Waals surface area contributed by atoms with Crippen LogP contribution in [0.5, 0.6) is 0 Å². The number of anilines is 3. The summed E-state index contributed by atoms with van der Waals surface area (Å²) in [5.41, 5.74) is 7.43. The fourth-order valence-electron chi connectivity index (χ4n) is 6.41. The Bertz CT molecular complexity index is 1700. The molecule has 9 nitrogen and oxygen atoms in total. The highest BCUT2D eigenvalue weighted by Crippen LogP contribution is 2.38. The molecule has 2 amide bonds. The molecular weight excluding hydrogens is 588 g/mol. The summed E-state index contributed by atoms with van der Waals surface area (Å²) in [5, 5.41) is 21.2. The van der Waals surface area contributed by atoms with Crippen LogP contribution in [0.1, 0.15) is 43.2 Å². The second-order valence-corrected chi connectivity index (χ2v) is 11.9. The number of hydrazone groups is 1. The summed E-state index contributed by atoms with van der Waals surface area (Å²) >= 11 is 0. The van der Waals surface area contributed by atoms with E-state index in [2.05, 4.69) is 41.0 Å². The third-order valence-electron chi connectivity index (χ3n) is 8.84. The molecule has 1 aliphatic carbocycles. The Labute approximate surface area is 276 Å². The number of amides is 2. The van der Waals surface area contributed by atoms with Crippen LogP contribution in [0, 0.1) is 11.3 Å². The fourth-order valence-corrected chi connectivity index (χ4v) is 6.41. The Morgan fingerprint density at radius 3 is 2.23 bits per heavy atom. The van der Waals surface area contributed by atoms with Gasteiger partial charge in [0.1, 0.15) is 0 Å². The first-order chi connectivity index (χ1) is 23.1. The number of carbonyl (C=O) groups is 1. The summed E-state index contributed by atoms with van der Waals surface area (Å²) in [4.78, 5) is 16.5. The van der Waals surface area contributed by atoms with Crippen molar-refractivity contribution in [1.29, 1.82) is 5.41 Å². The zero-order chi connectivity index (χ0) is 32.6. The van der Waals surface area contributed by atoms with E-state index in [0.29, 0.717) is 24.5 Å². The maximum atomic E-state index is 14.7.